The lowest BCUT2D eigenvalue weighted by Crippen LogP contribution is -2.46. The third-order valence-electron chi connectivity index (χ3n) is 4.25. The zero-order valence-corrected chi connectivity index (χ0v) is 15.0. The fourth-order valence-corrected chi connectivity index (χ4v) is 3.56. The highest BCUT2D eigenvalue weighted by Crippen LogP contribution is 2.31. The lowest BCUT2D eigenvalue weighted by atomic mass is 9.96. The number of nitrogens with zero attached hydrogens (tertiary/aromatic N) is 2. The van der Waals surface area contributed by atoms with E-state index in [1.165, 1.54) is 11.1 Å². The van der Waals surface area contributed by atoms with Crippen LogP contribution in [0.4, 0.5) is 0 Å². The second-order valence-corrected chi connectivity index (χ2v) is 7.20. The smallest absolute Gasteiger partial charge is 0.0603 e. The molecule has 0 saturated carbocycles. The maximum absolute atomic E-state index is 6.06. The number of piperazine rings is 1. The van der Waals surface area contributed by atoms with Gasteiger partial charge in [-0.1, -0.05) is 51.8 Å². The molecule has 0 bridgehead atoms. The first kappa shape index (κ1) is 16.0. The molecule has 0 N–H and O–H groups in total. The molecule has 22 heavy (non-hydrogen) atoms. The lowest BCUT2D eigenvalue weighted by Gasteiger charge is -2.38. The number of hydrogen-bond donors (Lipinski definition) is 0. The molecular weight excluding hydrogens is 360 g/mol. The van der Waals surface area contributed by atoms with Gasteiger partial charge >= 0.3 is 0 Å². The molecule has 1 saturated heterocycles. The fourth-order valence-electron chi connectivity index (χ4n) is 3.02. The van der Waals surface area contributed by atoms with Crippen molar-refractivity contribution in [3.8, 4) is 0 Å². The van der Waals surface area contributed by atoms with E-state index in [2.05, 4.69) is 69.2 Å². The predicted octanol–water partition coefficient (Wildman–Crippen LogP) is 4.44. The molecule has 2 aromatic rings. The summed E-state index contributed by atoms with van der Waals surface area (Å²) in [4.78, 5) is 4.95. The van der Waals surface area contributed by atoms with E-state index in [1.807, 2.05) is 12.1 Å². The number of likely N-dealkylation sites (N-methyl/N-ethyl adjacent to an activating group) is 1. The molecule has 2 aromatic carbocycles. The third-order valence-corrected chi connectivity index (χ3v) is 5.00. The van der Waals surface area contributed by atoms with Gasteiger partial charge in [0.15, 0.2) is 0 Å². The predicted molar refractivity (Wildman–Crippen MR) is 96.5 cm³/mol. The standard InChI is InChI=1S/C18H20BrClN2/c1-21-9-11-22(12-10-21)18(14-5-7-17(20)8-6-14)15-3-2-4-16(19)13-15/h2-8,13,18H,9-12H2,1H3. The molecule has 0 aliphatic carbocycles. The SMILES string of the molecule is CN1CCN(C(c2ccc(Cl)cc2)c2cccc(Br)c2)CC1. The Labute approximate surface area is 145 Å². The molecule has 116 valence electrons. The highest BCUT2D eigenvalue weighted by molar-refractivity contribution is 9.10. The molecule has 1 aliphatic rings. The molecule has 0 aromatic heterocycles. The van der Waals surface area contributed by atoms with Crippen molar-refractivity contribution in [1.29, 1.82) is 0 Å². The number of halogens is 2. The van der Waals surface area contributed by atoms with Gasteiger partial charge in [-0.3, -0.25) is 4.90 Å². The van der Waals surface area contributed by atoms with Crippen LogP contribution in [0.1, 0.15) is 17.2 Å². The van der Waals surface area contributed by atoms with Gasteiger partial charge in [0, 0.05) is 35.7 Å². The summed E-state index contributed by atoms with van der Waals surface area (Å²) in [6.07, 6.45) is 0. The first-order chi connectivity index (χ1) is 10.6. The van der Waals surface area contributed by atoms with Crippen molar-refractivity contribution in [2.45, 2.75) is 6.04 Å². The van der Waals surface area contributed by atoms with Gasteiger partial charge in [-0.15, -0.1) is 0 Å². The summed E-state index contributed by atoms with van der Waals surface area (Å²) < 4.78 is 1.12. The van der Waals surface area contributed by atoms with E-state index in [4.69, 9.17) is 11.6 Å². The quantitative estimate of drug-likeness (QED) is 0.778. The molecule has 1 atom stereocenters. The molecule has 0 spiro atoms. The Morgan fingerprint density at radius 1 is 0.955 bits per heavy atom. The van der Waals surface area contributed by atoms with Gasteiger partial charge in [-0.05, 0) is 42.4 Å². The Morgan fingerprint density at radius 2 is 1.64 bits per heavy atom. The molecule has 3 rings (SSSR count). The van der Waals surface area contributed by atoms with Crippen LogP contribution < -0.4 is 0 Å². The van der Waals surface area contributed by atoms with Crippen molar-refractivity contribution in [2.24, 2.45) is 0 Å². The molecule has 1 fully saturated rings. The van der Waals surface area contributed by atoms with Gasteiger partial charge in [-0.2, -0.15) is 0 Å². The highest BCUT2D eigenvalue weighted by Gasteiger charge is 2.25. The maximum Gasteiger partial charge on any atom is 0.0603 e. The minimum absolute atomic E-state index is 0.281. The number of benzene rings is 2. The van der Waals surface area contributed by atoms with Crippen molar-refractivity contribution < 1.29 is 0 Å². The van der Waals surface area contributed by atoms with Crippen molar-refractivity contribution in [3.05, 3.63) is 69.2 Å². The molecule has 0 amide bonds. The summed E-state index contributed by atoms with van der Waals surface area (Å²) in [5.74, 6) is 0. The van der Waals surface area contributed by atoms with Crippen LogP contribution >= 0.6 is 27.5 Å². The Bertz CT molecular complexity index is 621. The molecule has 2 nitrogen and oxygen atoms in total. The Kier molecular flexibility index (Phi) is 5.19. The van der Waals surface area contributed by atoms with Gasteiger partial charge in [-0.25, -0.2) is 0 Å². The summed E-state index contributed by atoms with van der Waals surface area (Å²) in [7, 11) is 2.19. The normalized spacial score (nSPS) is 18.3. The van der Waals surface area contributed by atoms with Crippen LogP contribution in [0.25, 0.3) is 0 Å². The molecule has 1 unspecified atom stereocenters. The van der Waals surface area contributed by atoms with E-state index >= 15 is 0 Å². The van der Waals surface area contributed by atoms with E-state index in [0.29, 0.717) is 0 Å². The van der Waals surface area contributed by atoms with Gasteiger partial charge in [0.2, 0.25) is 0 Å². The molecule has 1 heterocycles. The van der Waals surface area contributed by atoms with Gasteiger partial charge in [0.05, 0.1) is 6.04 Å². The summed E-state index contributed by atoms with van der Waals surface area (Å²) in [5.41, 5.74) is 2.62. The van der Waals surface area contributed by atoms with E-state index < -0.39 is 0 Å². The average Bonchev–Trinajstić information content (AvgIpc) is 2.51. The summed E-state index contributed by atoms with van der Waals surface area (Å²) >= 11 is 9.67. The average molecular weight is 380 g/mol. The van der Waals surface area contributed by atoms with Crippen LogP contribution in [0, 0.1) is 0 Å². The van der Waals surface area contributed by atoms with Crippen LogP contribution in [0.2, 0.25) is 5.02 Å². The third kappa shape index (κ3) is 3.72. The molecule has 1 aliphatic heterocycles. The van der Waals surface area contributed by atoms with Gasteiger partial charge in [0.1, 0.15) is 0 Å². The number of rotatable bonds is 3. The fraction of sp³-hybridized carbons (Fsp3) is 0.333. The molecular formula is C18H20BrClN2. The van der Waals surface area contributed by atoms with E-state index in [-0.39, 0.29) is 6.04 Å². The van der Waals surface area contributed by atoms with Gasteiger partial charge in [0.25, 0.3) is 0 Å². The minimum atomic E-state index is 0.281. The largest absolute Gasteiger partial charge is 0.304 e. The van der Waals surface area contributed by atoms with Crippen LogP contribution in [0.5, 0.6) is 0 Å². The molecule has 4 heteroatoms. The van der Waals surface area contributed by atoms with E-state index in [0.717, 1.165) is 35.7 Å². The van der Waals surface area contributed by atoms with E-state index in [9.17, 15) is 0 Å². The van der Waals surface area contributed by atoms with Gasteiger partial charge < -0.3 is 4.90 Å². The lowest BCUT2D eigenvalue weighted by molar-refractivity contribution is 0.127. The van der Waals surface area contributed by atoms with Crippen molar-refractivity contribution in [3.63, 3.8) is 0 Å². The first-order valence-corrected chi connectivity index (χ1v) is 8.74. The van der Waals surface area contributed by atoms with E-state index in [1.54, 1.807) is 0 Å². The second kappa shape index (κ2) is 7.14. The Hall–Kier alpha value is -0.870. The second-order valence-electron chi connectivity index (χ2n) is 5.85. The van der Waals surface area contributed by atoms with Crippen molar-refractivity contribution in [2.75, 3.05) is 33.2 Å². The van der Waals surface area contributed by atoms with Crippen molar-refractivity contribution >= 4 is 27.5 Å². The topological polar surface area (TPSA) is 6.48 Å². The van der Waals surface area contributed by atoms with Crippen LogP contribution in [-0.2, 0) is 0 Å². The van der Waals surface area contributed by atoms with Crippen LogP contribution in [0.3, 0.4) is 0 Å². The summed E-state index contributed by atoms with van der Waals surface area (Å²) in [6.45, 7) is 4.38. The zero-order chi connectivity index (χ0) is 15.5. The zero-order valence-electron chi connectivity index (χ0n) is 12.7. The summed E-state index contributed by atoms with van der Waals surface area (Å²) in [5, 5.41) is 0.787. The van der Waals surface area contributed by atoms with Crippen LogP contribution in [0.15, 0.2) is 53.0 Å². The minimum Gasteiger partial charge on any atom is -0.304 e. The highest BCUT2D eigenvalue weighted by atomic mass is 79.9. The molecule has 0 radical (unpaired) electrons. The monoisotopic (exact) mass is 378 g/mol. The van der Waals surface area contributed by atoms with Crippen LogP contribution in [-0.4, -0.2) is 43.0 Å². The maximum atomic E-state index is 6.06. The summed E-state index contributed by atoms with van der Waals surface area (Å²) in [6, 6.07) is 17.2. The Balaban J connectivity index is 1.96. The van der Waals surface area contributed by atoms with Crippen molar-refractivity contribution in [1.82, 2.24) is 9.80 Å². The Morgan fingerprint density at radius 3 is 2.27 bits per heavy atom. The number of hydrogen-bond acceptors (Lipinski definition) is 2. The first-order valence-electron chi connectivity index (χ1n) is 7.57.